The van der Waals surface area contributed by atoms with E-state index in [1.54, 1.807) is 0 Å². The minimum Gasteiger partial charge on any atom is -0.748 e. The van der Waals surface area contributed by atoms with E-state index in [0.717, 1.165) is 37.0 Å². The second-order valence-corrected chi connectivity index (χ2v) is 8.17. The Morgan fingerprint density at radius 1 is 1.08 bits per heavy atom. The number of hydrogen-bond donors (Lipinski definition) is 1. The first-order valence-corrected chi connectivity index (χ1v) is 8.85. The van der Waals surface area contributed by atoms with Crippen LogP contribution in [0.15, 0.2) is 0 Å². The van der Waals surface area contributed by atoms with Crippen LogP contribution < -0.4 is 69.5 Å². The van der Waals surface area contributed by atoms with Gasteiger partial charge in [-0.3, -0.25) is 0 Å². The topological polar surface area (TPSA) is 109 Å². The summed E-state index contributed by atoms with van der Waals surface area (Å²) in [4.78, 5) is 10.7. The molecule has 4 rings (SSSR count). The molecule has 4 bridgehead atoms. The molecule has 4 saturated carbocycles. The van der Waals surface area contributed by atoms with Crippen LogP contribution in [0.1, 0.15) is 38.5 Å². The van der Waals surface area contributed by atoms with E-state index in [1.165, 1.54) is 19.3 Å². The van der Waals surface area contributed by atoms with Gasteiger partial charge in [-0.15, -0.1) is 0 Å². The number of carbonyl (C=O) groups excluding carboxylic acids is 1. The van der Waals surface area contributed by atoms with Crippen molar-refractivity contribution in [3.63, 3.8) is 0 Å². The van der Waals surface area contributed by atoms with Crippen LogP contribution in [0.5, 0.6) is 0 Å². The molecule has 0 radical (unpaired) electrons. The van der Waals surface area contributed by atoms with Gasteiger partial charge in [0.05, 0.1) is 5.75 Å². The molecular weight excluding hydrogens is 366 g/mol. The average Bonchev–Trinajstić information content (AvgIpc) is 2.20. The zero-order valence-corrected chi connectivity index (χ0v) is 18.8. The summed E-state index contributed by atoms with van der Waals surface area (Å²) in [7, 11) is -4.72. The van der Waals surface area contributed by atoms with E-state index in [1.807, 2.05) is 0 Å². The molecule has 24 heavy (non-hydrogen) atoms. The molecule has 128 valence electrons. The Morgan fingerprint density at radius 3 is 1.67 bits per heavy atom. The van der Waals surface area contributed by atoms with Gasteiger partial charge in [0, 0.05) is 5.54 Å². The maximum Gasteiger partial charge on any atom is 1.00 e. The minimum atomic E-state index is -4.72. The predicted octanol–water partition coefficient (Wildman–Crippen LogP) is -5.31. The molecule has 0 saturated heterocycles. The summed E-state index contributed by atoms with van der Waals surface area (Å²) in [5.41, 5.74) is -0.0897. The van der Waals surface area contributed by atoms with Gasteiger partial charge in [-0.25, -0.2) is 17.2 Å². The largest absolute Gasteiger partial charge is 1.00 e. The number of hydrogen-bond acceptors (Lipinski definition) is 5. The van der Waals surface area contributed by atoms with Gasteiger partial charge < -0.3 is 19.8 Å². The van der Waals surface area contributed by atoms with Gasteiger partial charge in [0.2, 0.25) is 0 Å². The number of rotatable bonds is 3. The third-order valence-electron chi connectivity index (χ3n) is 4.74. The maximum atomic E-state index is 11.0. The standard InChI is InChI=1S/C11H17NO2.C2H4F2O3S.2Na/c13-10(14)12-11-4-7-1-8(5-11)3-9(2-7)6-11;3-2(4)1-8(5,6)7;;/h7-9,12H,1-6H2,(H,13,14);2H,1H2,(H,5,6,7);;/q;;2*+1/p-2. The fourth-order valence-corrected chi connectivity index (χ4v) is 4.94. The van der Waals surface area contributed by atoms with Crippen LogP contribution in [-0.2, 0) is 10.1 Å². The zero-order valence-electron chi connectivity index (χ0n) is 14.0. The number of carbonyl (C=O) groups is 1. The second-order valence-electron chi connectivity index (χ2n) is 6.73. The van der Waals surface area contributed by atoms with E-state index in [4.69, 9.17) is 0 Å². The molecule has 0 aromatic rings. The SMILES string of the molecule is O=C([O-])NC12CC3CC(CC(C3)C1)C2.O=S(=O)([O-])CC(F)F.[Na+].[Na+]. The van der Waals surface area contributed by atoms with Crippen LogP contribution in [0.4, 0.5) is 13.6 Å². The Kier molecular flexibility index (Phi) is 10.3. The summed E-state index contributed by atoms with van der Waals surface area (Å²) < 4.78 is 50.1. The third kappa shape index (κ3) is 7.73. The van der Waals surface area contributed by atoms with E-state index in [0.29, 0.717) is 0 Å². The Labute approximate surface area is 184 Å². The Hall–Kier alpha value is 1.04. The molecule has 1 N–H and O–H groups in total. The molecule has 0 unspecified atom stereocenters. The van der Waals surface area contributed by atoms with Gasteiger partial charge in [-0.2, -0.15) is 0 Å². The zero-order chi connectivity index (χ0) is 16.5. The van der Waals surface area contributed by atoms with Crippen molar-refractivity contribution < 1.29 is 90.8 Å². The van der Waals surface area contributed by atoms with Gasteiger partial charge in [0.1, 0.15) is 16.2 Å². The fourth-order valence-electron chi connectivity index (χ4n) is 4.63. The molecule has 0 aromatic carbocycles. The molecule has 0 aliphatic heterocycles. The first kappa shape index (κ1) is 25.0. The van der Waals surface area contributed by atoms with Gasteiger partial charge in [0.15, 0.2) is 0 Å². The van der Waals surface area contributed by atoms with Gasteiger partial charge in [-0.1, -0.05) is 0 Å². The number of nitrogens with one attached hydrogen (secondary N) is 1. The van der Waals surface area contributed by atoms with Crippen LogP contribution in [0.3, 0.4) is 0 Å². The van der Waals surface area contributed by atoms with Crippen molar-refractivity contribution in [1.29, 1.82) is 0 Å². The average molecular weight is 385 g/mol. The Bertz CT molecular complexity index is 497. The molecule has 4 aliphatic rings. The molecule has 0 heterocycles. The predicted molar refractivity (Wildman–Crippen MR) is 70.0 cm³/mol. The first-order valence-electron chi connectivity index (χ1n) is 7.28. The molecular formula is C13H19F2NNa2O5S. The van der Waals surface area contributed by atoms with Crippen molar-refractivity contribution in [2.45, 2.75) is 50.5 Å². The molecule has 1 amide bonds. The van der Waals surface area contributed by atoms with E-state index in [2.05, 4.69) is 5.32 Å². The van der Waals surface area contributed by atoms with E-state index in [9.17, 15) is 31.7 Å². The van der Waals surface area contributed by atoms with E-state index >= 15 is 0 Å². The van der Waals surface area contributed by atoms with Crippen molar-refractivity contribution in [1.82, 2.24) is 5.32 Å². The minimum absolute atomic E-state index is 0. The molecule has 6 nitrogen and oxygen atoms in total. The van der Waals surface area contributed by atoms with E-state index < -0.39 is 28.4 Å². The molecule has 0 aromatic heterocycles. The maximum absolute atomic E-state index is 11.0. The summed E-state index contributed by atoms with van der Waals surface area (Å²) in [6.45, 7) is 0. The number of alkyl halides is 2. The molecule has 4 aliphatic carbocycles. The molecule has 11 heteroatoms. The fraction of sp³-hybridized carbons (Fsp3) is 0.923. The van der Waals surface area contributed by atoms with Gasteiger partial charge in [0.25, 0.3) is 6.43 Å². The van der Waals surface area contributed by atoms with Crippen molar-refractivity contribution in [3.05, 3.63) is 0 Å². The first-order chi connectivity index (χ1) is 10.1. The molecule has 0 spiro atoms. The quantitative estimate of drug-likeness (QED) is 0.386. The summed E-state index contributed by atoms with van der Waals surface area (Å²) in [6, 6.07) is 0. The normalized spacial score (nSPS) is 32.9. The van der Waals surface area contributed by atoms with Crippen LogP contribution in [0.25, 0.3) is 0 Å². The van der Waals surface area contributed by atoms with Gasteiger partial charge >= 0.3 is 59.1 Å². The van der Waals surface area contributed by atoms with Crippen molar-refractivity contribution >= 4 is 16.2 Å². The summed E-state index contributed by atoms with van der Waals surface area (Å²) in [6.07, 6.45) is 3.08. The second kappa shape index (κ2) is 9.82. The van der Waals surface area contributed by atoms with Gasteiger partial charge in [-0.05, 0) is 56.3 Å². The van der Waals surface area contributed by atoms with Crippen LogP contribution >= 0.6 is 0 Å². The Balaban J connectivity index is 0.000000469. The van der Waals surface area contributed by atoms with Crippen LogP contribution in [-0.4, -0.2) is 36.8 Å². The van der Waals surface area contributed by atoms with Crippen molar-refractivity contribution in [2.75, 3.05) is 5.75 Å². The Morgan fingerprint density at radius 2 is 1.46 bits per heavy atom. The van der Waals surface area contributed by atoms with Crippen LogP contribution in [0, 0.1) is 17.8 Å². The monoisotopic (exact) mass is 385 g/mol. The van der Waals surface area contributed by atoms with Crippen molar-refractivity contribution in [3.8, 4) is 0 Å². The number of amides is 1. The molecule has 0 atom stereocenters. The van der Waals surface area contributed by atoms with E-state index in [-0.39, 0.29) is 64.7 Å². The van der Waals surface area contributed by atoms with Crippen LogP contribution in [0.2, 0.25) is 0 Å². The summed E-state index contributed by atoms with van der Waals surface area (Å²) >= 11 is 0. The summed E-state index contributed by atoms with van der Waals surface area (Å²) in [5.74, 6) is 0.766. The molecule has 4 fully saturated rings. The summed E-state index contributed by atoms with van der Waals surface area (Å²) in [5, 5.41) is 13.4. The smallest absolute Gasteiger partial charge is 0.748 e. The third-order valence-corrected chi connectivity index (χ3v) is 5.40. The number of carboxylic acid groups (broad SMARTS) is 1. The number of halogens is 2. The van der Waals surface area contributed by atoms with Crippen molar-refractivity contribution in [2.24, 2.45) is 17.8 Å².